The van der Waals surface area contributed by atoms with E-state index < -0.39 is 47.8 Å². The van der Waals surface area contributed by atoms with E-state index in [9.17, 15) is 24.2 Å². The summed E-state index contributed by atoms with van der Waals surface area (Å²) in [6, 6.07) is 8.83. The summed E-state index contributed by atoms with van der Waals surface area (Å²) in [5, 5.41) is 21.9. The Bertz CT molecular complexity index is 857. The second-order valence-electron chi connectivity index (χ2n) is 6.05. The molecule has 0 bridgehead atoms. The van der Waals surface area contributed by atoms with Gasteiger partial charge in [0.2, 0.25) is 5.91 Å². The van der Waals surface area contributed by atoms with Gasteiger partial charge in [-0.15, -0.1) is 0 Å². The number of aliphatic hydroxyl groups excluding tert-OH is 2. The number of benzene rings is 1. The Kier molecular flexibility index (Phi) is 5.12. The van der Waals surface area contributed by atoms with E-state index in [2.05, 4.69) is 10.3 Å². The largest absolute Gasteiger partial charge is 0.388 e. The van der Waals surface area contributed by atoms with E-state index in [-0.39, 0.29) is 6.42 Å². The number of amides is 1. The molecule has 0 spiro atoms. The standard InChI is InChI=1S/C17H18FN3O5/c1-9-13(23)14(24)16(26-9)21-8-11(18)15(20-17(21)25)19-12(22)7-10-5-3-2-4-6-10/h2-6,8-9,13-14,16,23-24H,7H2,1H3,(H,19,20,22,25)/t9-,13-,14-,16-/m1/s1. The number of aromatic nitrogens is 2. The van der Waals surface area contributed by atoms with Crippen molar-refractivity contribution in [1.29, 1.82) is 0 Å². The number of carbonyl (C=O) groups is 1. The van der Waals surface area contributed by atoms with Crippen molar-refractivity contribution in [2.24, 2.45) is 0 Å². The highest BCUT2D eigenvalue weighted by Crippen LogP contribution is 2.28. The van der Waals surface area contributed by atoms with Gasteiger partial charge in [-0.05, 0) is 12.5 Å². The van der Waals surface area contributed by atoms with Gasteiger partial charge in [0.05, 0.1) is 18.7 Å². The van der Waals surface area contributed by atoms with Crippen molar-refractivity contribution in [3.8, 4) is 0 Å². The number of hydrogen-bond donors (Lipinski definition) is 3. The zero-order chi connectivity index (χ0) is 18.8. The number of carbonyl (C=O) groups excluding carboxylic acids is 1. The van der Waals surface area contributed by atoms with Crippen LogP contribution in [0.5, 0.6) is 0 Å². The van der Waals surface area contributed by atoms with Crippen LogP contribution in [0.15, 0.2) is 41.3 Å². The predicted molar refractivity (Wildman–Crippen MR) is 88.8 cm³/mol. The molecule has 9 heteroatoms. The molecule has 0 radical (unpaired) electrons. The summed E-state index contributed by atoms with van der Waals surface area (Å²) >= 11 is 0. The Morgan fingerprint density at radius 1 is 1.31 bits per heavy atom. The molecule has 1 amide bonds. The van der Waals surface area contributed by atoms with Crippen molar-refractivity contribution in [3.63, 3.8) is 0 Å². The molecule has 0 saturated carbocycles. The highest BCUT2D eigenvalue weighted by Gasteiger charge is 2.42. The lowest BCUT2D eigenvalue weighted by Crippen LogP contribution is -2.36. The number of halogens is 1. The third-order valence-corrected chi connectivity index (χ3v) is 4.12. The van der Waals surface area contributed by atoms with Crippen LogP contribution in [0.1, 0.15) is 18.7 Å². The number of ether oxygens (including phenoxy) is 1. The van der Waals surface area contributed by atoms with Gasteiger partial charge in [0, 0.05) is 0 Å². The molecule has 1 fully saturated rings. The third-order valence-electron chi connectivity index (χ3n) is 4.12. The third kappa shape index (κ3) is 3.64. The molecule has 138 valence electrons. The smallest absolute Gasteiger partial charge is 0.351 e. The minimum absolute atomic E-state index is 0.000792. The number of rotatable bonds is 4. The van der Waals surface area contributed by atoms with Crippen LogP contribution in [0.2, 0.25) is 0 Å². The molecule has 0 aliphatic carbocycles. The van der Waals surface area contributed by atoms with Gasteiger partial charge in [-0.25, -0.2) is 9.18 Å². The molecule has 1 saturated heterocycles. The molecular formula is C17H18FN3O5. The number of nitrogens with zero attached hydrogens (tertiary/aromatic N) is 2. The first-order chi connectivity index (χ1) is 12.4. The average Bonchev–Trinajstić information content (AvgIpc) is 2.86. The normalized spacial score (nSPS) is 25.2. The number of aliphatic hydroxyl groups is 2. The molecule has 1 aromatic carbocycles. The van der Waals surface area contributed by atoms with Crippen LogP contribution in [-0.2, 0) is 16.0 Å². The van der Waals surface area contributed by atoms with Crippen molar-refractivity contribution in [1.82, 2.24) is 9.55 Å². The molecule has 1 aliphatic rings. The lowest BCUT2D eigenvalue weighted by atomic mass is 10.1. The van der Waals surface area contributed by atoms with Crippen LogP contribution in [0.3, 0.4) is 0 Å². The van der Waals surface area contributed by atoms with Crippen molar-refractivity contribution in [2.75, 3.05) is 5.32 Å². The van der Waals surface area contributed by atoms with Gasteiger partial charge in [0.1, 0.15) is 12.2 Å². The molecule has 1 aromatic heterocycles. The summed E-state index contributed by atoms with van der Waals surface area (Å²) in [4.78, 5) is 27.7. The van der Waals surface area contributed by atoms with Crippen molar-refractivity contribution in [3.05, 3.63) is 58.4 Å². The van der Waals surface area contributed by atoms with Crippen LogP contribution in [0, 0.1) is 5.82 Å². The van der Waals surface area contributed by atoms with Crippen LogP contribution in [0.25, 0.3) is 0 Å². The molecule has 3 rings (SSSR count). The highest BCUT2D eigenvalue weighted by molar-refractivity contribution is 5.91. The first-order valence-electron chi connectivity index (χ1n) is 8.01. The number of hydrogen-bond acceptors (Lipinski definition) is 6. The number of anilines is 1. The molecular weight excluding hydrogens is 345 g/mol. The summed E-state index contributed by atoms with van der Waals surface area (Å²) in [6.07, 6.45) is -3.81. The molecule has 26 heavy (non-hydrogen) atoms. The molecule has 8 nitrogen and oxygen atoms in total. The summed E-state index contributed by atoms with van der Waals surface area (Å²) in [7, 11) is 0. The van der Waals surface area contributed by atoms with Crippen molar-refractivity contribution < 1.29 is 24.1 Å². The number of nitrogens with one attached hydrogen (secondary N) is 1. The van der Waals surface area contributed by atoms with Crippen molar-refractivity contribution >= 4 is 11.7 Å². The molecule has 4 atom stereocenters. The summed E-state index contributed by atoms with van der Waals surface area (Å²) < 4.78 is 20.3. The van der Waals surface area contributed by atoms with Gasteiger partial charge in [-0.1, -0.05) is 30.3 Å². The van der Waals surface area contributed by atoms with E-state index in [0.29, 0.717) is 0 Å². The fourth-order valence-electron chi connectivity index (χ4n) is 2.73. The first kappa shape index (κ1) is 18.2. The van der Waals surface area contributed by atoms with E-state index in [0.717, 1.165) is 16.3 Å². The van der Waals surface area contributed by atoms with E-state index in [1.165, 1.54) is 6.92 Å². The van der Waals surface area contributed by atoms with Gasteiger partial charge >= 0.3 is 5.69 Å². The molecule has 3 N–H and O–H groups in total. The fourth-order valence-corrected chi connectivity index (χ4v) is 2.73. The van der Waals surface area contributed by atoms with Gasteiger partial charge < -0.3 is 20.3 Å². The van der Waals surface area contributed by atoms with Crippen LogP contribution in [-0.4, -0.2) is 44.0 Å². The molecule has 1 aliphatic heterocycles. The summed E-state index contributed by atoms with van der Waals surface area (Å²) in [5.74, 6) is -2.00. The van der Waals surface area contributed by atoms with Crippen LogP contribution < -0.4 is 11.0 Å². The average molecular weight is 363 g/mol. The fraction of sp³-hybridized carbons (Fsp3) is 0.353. The second kappa shape index (κ2) is 7.32. The zero-order valence-corrected chi connectivity index (χ0v) is 13.9. The van der Waals surface area contributed by atoms with Gasteiger partial charge in [0.15, 0.2) is 17.9 Å². The maximum absolute atomic E-state index is 14.3. The molecule has 0 unspecified atom stereocenters. The topological polar surface area (TPSA) is 114 Å². The highest BCUT2D eigenvalue weighted by atomic mass is 19.1. The predicted octanol–water partition coefficient (Wildman–Crippen LogP) is 0.203. The first-order valence-corrected chi connectivity index (χ1v) is 8.01. The molecule has 2 aromatic rings. The lowest BCUT2D eigenvalue weighted by Gasteiger charge is -2.17. The van der Waals surface area contributed by atoms with Gasteiger partial charge in [-0.2, -0.15) is 4.98 Å². The Hall–Kier alpha value is -2.62. The quantitative estimate of drug-likeness (QED) is 0.715. The Morgan fingerprint density at radius 3 is 2.62 bits per heavy atom. The van der Waals surface area contributed by atoms with Gasteiger partial charge in [0.25, 0.3) is 0 Å². The van der Waals surface area contributed by atoms with E-state index in [4.69, 9.17) is 4.74 Å². The SMILES string of the molecule is C[C@H]1O[C@@H](n2cc(F)c(NC(=O)Cc3ccccc3)nc2=O)[C@H](O)[C@@H]1O. The molecule has 2 heterocycles. The second-order valence-corrected chi connectivity index (χ2v) is 6.05. The van der Waals surface area contributed by atoms with Crippen molar-refractivity contribution in [2.45, 2.75) is 37.9 Å². The minimum atomic E-state index is -1.40. The van der Waals surface area contributed by atoms with Gasteiger partial charge in [-0.3, -0.25) is 9.36 Å². The lowest BCUT2D eigenvalue weighted by molar-refractivity contribution is -0.115. The Morgan fingerprint density at radius 2 is 2.00 bits per heavy atom. The van der Waals surface area contributed by atoms with E-state index in [1.807, 2.05) is 0 Å². The zero-order valence-electron chi connectivity index (χ0n) is 13.9. The Balaban J connectivity index is 1.77. The Labute approximate surface area is 147 Å². The van der Waals surface area contributed by atoms with Crippen LogP contribution >= 0.6 is 0 Å². The maximum Gasteiger partial charge on any atom is 0.351 e. The van der Waals surface area contributed by atoms with E-state index >= 15 is 0 Å². The van der Waals surface area contributed by atoms with E-state index in [1.54, 1.807) is 30.3 Å². The maximum atomic E-state index is 14.3. The summed E-state index contributed by atoms with van der Waals surface area (Å²) in [6.45, 7) is 1.51. The monoisotopic (exact) mass is 363 g/mol. The van der Waals surface area contributed by atoms with Crippen LogP contribution in [0.4, 0.5) is 10.2 Å². The summed E-state index contributed by atoms with van der Waals surface area (Å²) in [5.41, 5.74) is -0.198. The minimum Gasteiger partial charge on any atom is -0.388 e.